The number of ether oxygens (including phenoxy) is 4. The molecule has 0 saturated heterocycles. The van der Waals surface area contributed by atoms with Gasteiger partial charge in [-0.1, -0.05) is 44.0 Å². The van der Waals surface area contributed by atoms with E-state index in [4.69, 9.17) is 18.9 Å². The van der Waals surface area contributed by atoms with E-state index in [0.717, 1.165) is 33.5 Å². The summed E-state index contributed by atoms with van der Waals surface area (Å²) in [5.41, 5.74) is 3.32. The van der Waals surface area contributed by atoms with Crippen LogP contribution in [0.3, 0.4) is 0 Å². The number of alkyl halides is 2. The number of methoxy groups -OCH3 is 4. The summed E-state index contributed by atoms with van der Waals surface area (Å²) in [5, 5.41) is 1.38. The van der Waals surface area contributed by atoms with Gasteiger partial charge in [0.15, 0.2) is 0 Å². The Morgan fingerprint density at radius 1 is 0.958 bits per heavy atom. The molecule has 4 nitrogen and oxygen atoms in total. The first-order valence-corrected chi connectivity index (χ1v) is 9.70. The molecule has 1 atom stereocenters. The van der Waals surface area contributed by atoms with Crippen LogP contribution in [0.1, 0.15) is 17.0 Å². The molecule has 1 aliphatic carbocycles. The van der Waals surface area contributed by atoms with E-state index in [0.29, 0.717) is 5.33 Å². The fourth-order valence-electron chi connectivity index (χ4n) is 3.00. The molecule has 0 fully saturated rings. The molecule has 0 heterocycles. The van der Waals surface area contributed by atoms with Crippen molar-refractivity contribution >= 4 is 31.9 Å². The van der Waals surface area contributed by atoms with Crippen LogP contribution in [-0.2, 0) is 19.5 Å². The topological polar surface area (TPSA) is 36.9 Å². The van der Waals surface area contributed by atoms with Gasteiger partial charge in [-0.25, -0.2) is 0 Å². The zero-order valence-electron chi connectivity index (χ0n) is 14.3. The van der Waals surface area contributed by atoms with Crippen molar-refractivity contribution in [3.63, 3.8) is 0 Å². The molecule has 1 aromatic carbocycles. The molecular weight excluding hydrogens is 440 g/mol. The highest BCUT2D eigenvalue weighted by Crippen LogP contribution is 2.45. The minimum absolute atomic E-state index is 0.0727. The maximum atomic E-state index is 5.72. The van der Waals surface area contributed by atoms with Crippen LogP contribution in [0.4, 0.5) is 0 Å². The number of rotatable bonds is 7. The Morgan fingerprint density at radius 3 is 2.17 bits per heavy atom. The molecule has 0 radical (unpaired) electrons. The molecule has 0 N–H and O–H groups in total. The molecule has 0 aliphatic heterocycles. The van der Waals surface area contributed by atoms with Crippen molar-refractivity contribution in [2.45, 2.75) is 17.0 Å². The molecule has 0 amide bonds. The first-order chi connectivity index (χ1) is 11.6. The van der Waals surface area contributed by atoms with Crippen molar-refractivity contribution < 1.29 is 18.9 Å². The summed E-state index contributed by atoms with van der Waals surface area (Å²) in [4.78, 5) is 0. The molecule has 1 aromatic rings. The Balaban J connectivity index is 2.68. The van der Waals surface area contributed by atoms with E-state index in [-0.39, 0.29) is 5.92 Å². The van der Waals surface area contributed by atoms with Gasteiger partial charge in [-0.2, -0.15) is 0 Å². The van der Waals surface area contributed by atoms with Gasteiger partial charge >= 0.3 is 0 Å². The molecule has 0 saturated carbocycles. The summed E-state index contributed by atoms with van der Waals surface area (Å²) < 4.78 is 22.5. The number of halogens is 2. The lowest BCUT2D eigenvalue weighted by molar-refractivity contribution is -0.137. The predicted molar refractivity (Wildman–Crippen MR) is 102 cm³/mol. The van der Waals surface area contributed by atoms with E-state index in [1.807, 2.05) is 24.3 Å². The third kappa shape index (κ3) is 3.57. The number of benzene rings is 1. The van der Waals surface area contributed by atoms with Gasteiger partial charge in [-0.05, 0) is 23.3 Å². The van der Waals surface area contributed by atoms with Crippen LogP contribution >= 0.6 is 31.9 Å². The monoisotopic (exact) mass is 460 g/mol. The van der Waals surface area contributed by atoms with E-state index in [1.54, 1.807) is 28.4 Å². The SMILES string of the molecule is COC1=CC(OC)(OC)C=C(CBr)C1c1c(CBr)cccc1OC. The molecule has 132 valence electrons. The van der Waals surface area contributed by atoms with Crippen LogP contribution in [0.15, 0.2) is 41.7 Å². The third-order valence-electron chi connectivity index (χ3n) is 4.22. The number of allylic oxidation sites excluding steroid dienone is 1. The van der Waals surface area contributed by atoms with E-state index in [9.17, 15) is 0 Å². The fourth-order valence-corrected chi connectivity index (χ4v) is 3.97. The molecule has 2 rings (SSSR count). The standard InChI is InChI=1S/C18H22Br2O4/c1-21-14-7-5-6-12(10-19)16(14)17-13(11-20)8-18(23-3,24-4)9-15(17)22-2/h5-9,17H,10-11H2,1-4H3. The second-order valence-corrected chi connectivity index (χ2v) is 6.45. The lowest BCUT2D eigenvalue weighted by Crippen LogP contribution is -2.34. The molecule has 0 aromatic heterocycles. The fraction of sp³-hybridized carbons (Fsp3) is 0.444. The van der Waals surface area contributed by atoms with Crippen LogP contribution < -0.4 is 4.74 Å². The summed E-state index contributed by atoms with van der Waals surface area (Å²) in [6.07, 6.45) is 3.85. The van der Waals surface area contributed by atoms with E-state index in [1.165, 1.54) is 0 Å². The van der Waals surface area contributed by atoms with Crippen molar-refractivity contribution in [1.82, 2.24) is 0 Å². The van der Waals surface area contributed by atoms with Gasteiger partial charge in [0.05, 0.1) is 20.1 Å². The van der Waals surface area contributed by atoms with Crippen molar-refractivity contribution in [1.29, 1.82) is 0 Å². The number of hydrogen-bond acceptors (Lipinski definition) is 4. The van der Waals surface area contributed by atoms with Gasteiger partial charge < -0.3 is 18.9 Å². The quantitative estimate of drug-likeness (QED) is 0.339. The van der Waals surface area contributed by atoms with Crippen LogP contribution in [0.25, 0.3) is 0 Å². The Bertz CT molecular complexity index is 590. The first-order valence-electron chi connectivity index (χ1n) is 7.46. The first kappa shape index (κ1) is 19.5. The zero-order valence-corrected chi connectivity index (χ0v) is 17.4. The summed E-state index contributed by atoms with van der Waals surface area (Å²) in [6, 6.07) is 6.04. The molecule has 0 bridgehead atoms. The highest BCUT2D eigenvalue weighted by atomic mass is 79.9. The molecule has 24 heavy (non-hydrogen) atoms. The average molecular weight is 462 g/mol. The van der Waals surface area contributed by atoms with Gasteiger partial charge in [-0.3, -0.25) is 0 Å². The summed E-state index contributed by atoms with van der Waals surface area (Å²) >= 11 is 7.17. The maximum absolute atomic E-state index is 5.72. The van der Waals surface area contributed by atoms with Gasteiger partial charge in [0.1, 0.15) is 11.5 Å². The van der Waals surface area contributed by atoms with Crippen molar-refractivity contribution in [2.75, 3.05) is 33.8 Å². The van der Waals surface area contributed by atoms with Gasteiger partial charge in [-0.15, -0.1) is 0 Å². The predicted octanol–water partition coefficient (Wildman–Crippen LogP) is 4.53. The van der Waals surface area contributed by atoms with E-state index >= 15 is 0 Å². The largest absolute Gasteiger partial charge is 0.500 e. The van der Waals surface area contributed by atoms with Gasteiger partial charge in [0.2, 0.25) is 5.79 Å². The van der Waals surface area contributed by atoms with Crippen LogP contribution in [-0.4, -0.2) is 39.6 Å². The lowest BCUT2D eigenvalue weighted by atomic mass is 9.82. The smallest absolute Gasteiger partial charge is 0.211 e. The third-order valence-corrected chi connectivity index (χ3v) is 5.47. The molecule has 1 unspecified atom stereocenters. The van der Waals surface area contributed by atoms with Crippen LogP contribution in [0, 0.1) is 0 Å². The maximum Gasteiger partial charge on any atom is 0.211 e. The zero-order chi connectivity index (χ0) is 17.7. The van der Waals surface area contributed by atoms with Crippen molar-refractivity contribution in [2.24, 2.45) is 0 Å². The second kappa shape index (κ2) is 8.52. The Labute approximate surface area is 160 Å². The Hall–Kier alpha value is -0.820. The normalized spacial score (nSPS) is 19.5. The van der Waals surface area contributed by atoms with Crippen LogP contribution in [0.2, 0.25) is 0 Å². The van der Waals surface area contributed by atoms with E-state index in [2.05, 4.69) is 37.9 Å². The minimum atomic E-state index is -0.929. The second-order valence-electron chi connectivity index (χ2n) is 5.33. The summed E-state index contributed by atoms with van der Waals surface area (Å²) in [6.45, 7) is 0. The van der Waals surface area contributed by atoms with Crippen molar-refractivity contribution in [3.8, 4) is 5.75 Å². The Kier molecular flexibility index (Phi) is 6.92. The molecular formula is C18H22Br2O4. The summed E-state index contributed by atoms with van der Waals surface area (Å²) in [5.74, 6) is 0.592. The lowest BCUT2D eigenvalue weighted by Gasteiger charge is -2.35. The van der Waals surface area contributed by atoms with Gasteiger partial charge in [0, 0.05) is 36.5 Å². The highest BCUT2D eigenvalue weighted by Gasteiger charge is 2.38. The highest BCUT2D eigenvalue weighted by molar-refractivity contribution is 9.09. The van der Waals surface area contributed by atoms with Crippen LogP contribution in [0.5, 0.6) is 5.75 Å². The van der Waals surface area contributed by atoms with E-state index < -0.39 is 5.79 Å². The van der Waals surface area contributed by atoms with Gasteiger partial charge in [0.25, 0.3) is 0 Å². The summed E-state index contributed by atoms with van der Waals surface area (Å²) in [7, 11) is 6.57. The average Bonchev–Trinajstić information content (AvgIpc) is 2.65. The molecule has 0 spiro atoms. The molecule has 1 aliphatic rings. The number of hydrogen-bond donors (Lipinski definition) is 0. The van der Waals surface area contributed by atoms with Crippen molar-refractivity contribution in [3.05, 3.63) is 52.8 Å². The molecule has 6 heteroatoms. The Morgan fingerprint density at radius 2 is 1.67 bits per heavy atom. The minimum Gasteiger partial charge on any atom is -0.500 e.